The number of rotatable bonds is 6. The molecule has 0 fully saturated rings. The standard InChI is InChI=1S/C18H13Cl2F2N3O2/c19-13-7-3-1-5-11(13)9-25-10-14(20)16(24-25)23-17(26)12-6-2-4-8-15(12)27-18(21)22/h1-8,10,18H,9H2,(H,23,24,26). The van der Waals surface area contributed by atoms with Crippen LogP contribution in [-0.4, -0.2) is 22.3 Å². The average molecular weight is 412 g/mol. The molecule has 0 radical (unpaired) electrons. The van der Waals surface area contributed by atoms with Crippen LogP contribution in [0.15, 0.2) is 54.7 Å². The van der Waals surface area contributed by atoms with Crippen molar-refractivity contribution in [2.45, 2.75) is 13.2 Å². The summed E-state index contributed by atoms with van der Waals surface area (Å²) in [6.45, 7) is -2.70. The maximum Gasteiger partial charge on any atom is 0.387 e. The zero-order valence-corrected chi connectivity index (χ0v) is 15.2. The number of carbonyl (C=O) groups excluding carboxylic acids is 1. The molecule has 5 nitrogen and oxygen atoms in total. The Morgan fingerprint density at radius 1 is 1.11 bits per heavy atom. The number of halogens is 4. The van der Waals surface area contributed by atoms with Crippen molar-refractivity contribution in [3.8, 4) is 5.75 Å². The van der Waals surface area contributed by atoms with Crippen LogP contribution in [0.3, 0.4) is 0 Å². The molecule has 1 heterocycles. The summed E-state index contributed by atoms with van der Waals surface area (Å²) in [6.07, 6.45) is 1.53. The van der Waals surface area contributed by atoms with Crippen LogP contribution in [0.2, 0.25) is 10.0 Å². The molecule has 9 heteroatoms. The fourth-order valence-electron chi connectivity index (χ4n) is 2.39. The summed E-state index contributed by atoms with van der Waals surface area (Å²) in [7, 11) is 0. The quantitative estimate of drug-likeness (QED) is 0.614. The van der Waals surface area contributed by atoms with E-state index in [1.165, 1.54) is 35.1 Å². The predicted octanol–water partition coefficient (Wildman–Crippen LogP) is 5.09. The van der Waals surface area contributed by atoms with Crippen LogP contribution in [0.4, 0.5) is 14.6 Å². The van der Waals surface area contributed by atoms with Gasteiger partial charge in [0.25, 0.3) is 5.91 Å². The summed E-state index contributed by atoms with van der Waals surface area (Å²) in [5.41, 5.74) is 0.765. The van der Waals surface area contributed by atoms with Crippen molar-refractivity contribution < 1.29 is 18.3 Å². The number of hydrogen-bond acceptors (Lipinski definition) is 3. The fraction of sp³-hybridized carbons (Fsp3) is 0.111. The Kier molecular flexibility index (Phi) is 5.93. The monoisotopic (exact) mass is 411 g/mol. The Hall–Kier alpha value is -2.64. The predicted molar refractivity (Wildman–Crippen MR) is 98.8 cm³/mol. The lowest BCUT2D eigenvalue weighted by atomic mass is 10.2. The van der Waals surface area contributed by atoms with E-state index in [1.807, 2.05) is 18.2 Å². The molecule has 0 saturated carbocycles. The lowest BCUT2D eigenvalue weighted by Gasteiger charge is -2.10. The Morgan fingerprint density at radius 2 is 1.81 bits per heavy atom. The van der Waals surface area contributed by atoms with Gasteiger partial charge in [-0.15, -0.1) is 0 Å². The number of nitrogens with one attached hydrogen (secondary N) is 1. The highest BCUT2D eigenvalue weighted by molar-refractivity contribution is 6.33. The van der Waals surface area contributed by atoms with E-state index in [0.29, 0.717) is 11.6 Å². The zero-order chi connectivity index (χ0) is 19.4. The molecule has 0 bridgehead atoms. The first-order valence-electron chi connectivity index (χ1n) is 7.75. The van der Waals surface area contributed by atoms with Crippen LogP contribution in [-0.2, 0) is 6.54 Å². The van der Waals surface area contributed by atoms with Crippen LogP contribution >= 0.6 is 23.2 Å². The molecule has 3 rings (SSSR count). The van der Waals surface area contributed by atoms with Crippen molar-refractivity contribution in [1.82, 2.24) is 9.78 Å². The van der Waals surface area contributed by atoms with Gasteiger partial charge in [-0.3, -0.25) is 9.48 Å². The second-order valence-corrected chi connectivity index (χ2v) is 6.26. The Morgan fingerprint density at radius 3 is 2.56 bits per heavy atom. The highest BCUT2D eigenvalue weighted by atomic mass is 35.5. The second-order valence-electron chi connectivity index (χ2n) is 5.44. The number of anilines is 1. The molecule has 140 valence electrons. The molecular weight excluding hydrogens is 399 g/mol. The zero-order valence-electron chi connectivity index (χ0n) is 13.7. The summed E-state index contributed by atoms with van der Waals surface area (Å²) < 4.78 is 30.9. The molecule has 0 atom stereocenters. The van der Waals surface area contributed by atoms with Crippen molar-refractivity contribution in [1.29, 1.82) is 0 Å². The Labute approximate surface area is 163 Å². The minimum absolute atomic E-state index is 0.0606. The smallest absolute Gasteiger partial charge is 0.387 e. The minimum atomic E-state index is -3.04. The normalized spacial score (nSPS) is 10.9. The lowest BCUT2D eigenvalue weighted by molar-refractivity contribution is -0.0501. The van der Waals surface area contributed by atoms with Gasteiger partial charge >= 0.3 is 6.61 Å². The molecule has 0 aliphatic heterocycles. The van der Waals surface area contributed by atoms with Crippen molar-refractivity contribution in [3.05, 3.63) is 75.9 Å². The first kappa shape index (κ1) is 19.1. The molecule has 1 N–H and O–H groups in total. The van der Waals surface area contributed by atoms with Gasteiger partial charge in [-0.1, -0.05) is 53.5 Å². The topological polar surface area (TPSA) is 56.2 Å². The fourth-order valence-corrected chi connectivity index (χ4v) is 2.78. The number of nitrogens with zero attached hydrogens (tertiary/aromatic N) is 2. The molecule has 0 unspecified atom stereocenters. The number of para-hydroxylation sites is 1. The van der Waals surface area contributed by atoms with Gasteiger partial charge in [0.1, 0.15) is 10.8 Å². The molecule has 2 aromatic carbocycles. The summed E-state index contributed by atoms with van der Waals surface area (Å²) >= 11 is 12.2. The van der Waals surface area contributed by atoms with Crippen molar-refractivity contribution >= 4 is 34.9 Å². The van der Waals surface area contributed by atoms with Crippen molar-refractivity contribution in [2.24, 2.45) is 0 Å². The van der Waals surface area contributed by atoms with Crippen LogP contribution in [0.5, 0.6) is 5.75 Å². The minimum Gasteiger partial charge on any atom is -0.434 e. The van der Waals surface area contributed by atoms with Gasteiger partial charge in [-0.25, -0.2) is 0 Å². The van der Waals surface area contributed by atoms with E-state index >= 15 is 0 Å². The molecule has 0 aliphatic carbocycles. The third-order valence-electron chi connectivity index (χ3n) is 3.59. The van der Waals surface area contributed by atoms with Crippen LogP contribution in [0.25, 0.3) is 0 Å². The van der Waals surface area contributed by atoms with Gasteiger partial charge in [-0.05, 0) is 23.8 Å². The van der Waals surface area contributed by atoms with Gasteiger partial charge in [0.2, 0.25) is 0 Å². The van der Waals surface area contributed by atoms with Gasteiger partial charge in [-0.2, -0.15) is 13.9 Å². The van der Waals surface area contributed by atoms with E-state index in [0.717, 1.165) is 5.56 Å². The highest BCUT2D eigenvalue weighted by Crippen LogP contribution is 2.25. The first-order valence-corrected chi connectivity index (χ1v) is 8.51. The highest BCUT2D eigenvalue weighted by Gasteiger charge is 2.18. The van der Waals surface area contributed by atoms with Crippen molar-refractivity contribution in [2.75, 3.05) is 5.32 Å². The third kappa shape index (κ3) is 4.75. The molecular formula is C18H13Cl2F2N3O2. The SMILES string of the molecule is O=C(Nc1nn(Cc2ccccc2Cl)cc1Cl)c1ccccc1OC(F)F. The maximum atomic E-state index is 12.5. The molecule has 1 amide bonds. The Bertz CT molecular complexity index is 963. The van der Waals surface area contributed by atoms with Crippen molar-refractivity contribution in [3.63, 3.8) is 0 Å². The summed E-state index contributed by atoms with van der Waals surface area (Å²) in [5.74, 6) is -0.812. The molecule has 0 aliphatic rings. The molecule has 0 saturated heterocycles. The molecule has 27 heavy (non-hydrogen) atoms. The maximum absolute atomic E-state index is 12.5. The second kappa shape index (κ2) is 8.37. The lowest BCUT2D eigenvalue weighted by Crippen LogP contribution is -2.15. The number of carbonyl (C=O) groups is 1. The molecule has 0 spiro atoms. The van der Waals surface area contributed by atoms with E-state index < -0.39 is 12.5 Å². The Balaban J connectivity index is 1.78. The summed E-state index contributed by atoms with van der Waals surface area (Å²) in [5, 5.41) is 7.48. The van der Waals surface area contributed by atoms with E-state index in [-0.39, 0.29) is 22.2 Å². The van der Waals surface area contributed by atoms with E-state index in [1.54, 1.807) is 6.07 Å². The molecule has 1 aromatic heterocycles. The summed E-state index contributed by atoms with van der Waals surface area (Å²) in [4.78, 5) is 12.4. The number of alkyl halides is 2. The summed E-state index contributed by atoms with van der Waals surface area (Å²) in [6, 6.07) is 12.9. The first-order chi connectivity index (χ1) is 12.9. The molecule has 3 aromatic rings. The number of amides is 1. The average Bonchev–Trinajstić information content (AvgIpc) is 2.96. The number of hydrogen-bond donors (Lipinski definition) is 1. The van der Waals surface area contributed by atoms with Gasteiger partial charge < -0.3 is 10.1 Å². The van der Waals surface area contributed by atoms with E-state index in [2.05, 4.69) is 15.2 Å². The van der Waals surface area contributed by atoms with Gasteiger partial charge in [0.15, 0.2) is 5.82 Å². The van der Waals surface area contributed by atoms with Crippen LogP contribution < -0.4 is 10.1 Å². The number of aromatic nitrogens is 2. The van der Waals surface area contributed by atoms with E-state index in [9.17, 15) is 13.6 Å². The van der Waals surface area contributed by atoms with Gasteiger partial charge in [0.05, 0.1) is 12.1 Å². The van der Waals surface area contributed by atoms with E-state index in [4.69, 9.17) is 23.2 Å². The number of benzene rings is 2. The third-order valence-corrected chi connectivity index (χ3v) is 4.23. The van der Waals surface area contributed by atoms with Gasteiger partial charge in [0, 0.05) is 11.2 Å². The number of ether oxygens (including phenoxy) is 1. The van der Waals surface area contributed by atoms with Crippen LogP contribution in [0, 0.1) is 0 Å². The van der Waals surface area contributed by atoms with Crippen LogP contribution in [0.1, 0.15) is 15.9 Å². The largest absolute Gasteiger partial charge is 0.434 e.